The molecule has 2 heteroatoms. The number of rotatable bonds is 4. The first kappa shape index (κ1) is 16.1. The summed E-state index contributed by atoms with van der Waals surface area (Å²) < 4.78 is 5.86. The van der Waals surface area contributed by atoms with Gasteiger partial charge in [-0.15, -0.1) is 0 Å². The minimum Gasteiger partial charge on any atom is -0.458 e. The fourth-order valence-corrected chi connectivity index (χ4v) is 4.55. The number of ether oxygens (including phenoxy) is 1. The monoisotopic (exact) mass is 332 g/mol. The lowest BCUT2D eigenvalue weighted by Gasteiger charge is -2.20. The van der Waals surface area contributed by atoms with E-state index in [-0.39, 0.29) is 12.1 Å². The second-order valence-electron chi connectivity index (χ2n) is 7.23. The number of benzene rings is 2. The summed E-state index contributed by atoms with van der Waals surface area (Å²) in [7, 11) is 0. The van der Waals surface area contributed by atoms with E-state index in [0.717, 1.165) is 6.42 Å². The first-order chi connectivity index (χ1) is 12.3. The van der Waals surface area contributed by atoms with Crippen LogP contribution in [-0.2, 0) is 4.74 Å². The second-order valence-corrected chi connectivity index (χ2v) is 7.23. The van der Waals surface area contributed by atoms with E-state index in [0.29, 0.717) is 23.3 Å². The molecule has 2 aromatic carbocycles. The molecule has 2 saturated carbocycles. The van der Waals surface area contributed by atoms with Crippen LogP contribution >= 0.6 is 0 Å². The summed E-state index contributed by atoms with van der Waals surface area (Å²) in [5, 5.41) is 0. The summed E-state index contributed by atoms with van der Waals surface area (Å²) in [6.07, 6.45) is 9.26. The van der Waals surface area contributed by atoms with Crippen LogP contribution in [0, 0.1) is 17.8 Å². The highest BCUT2D eigenvalue weighted by molar-refractivity contribution is 5.89. The van der Waals surface area contributed by atoms with Crippen LogP contribution in [0.1, 0.15) is 41.6 Å². The van der Waals surface area contributed by atoms with E-state index in [1.54, 1.807) is 0 Å². The number of hydrogen-bond donors (Lipinski definition) is 0. The fourth-order valence-electron chi connectivity index (χ4n) is 4.55. The smallest absolute Gasteiger partial charge is 0.338 e. The Morgan fingerprint density at radius 1 is 0.840 bits per heavy atom. The summed E-state index contributed by atoms with van der Waals surface area (Å²) in [5.41, 5.74) is 1.92. The van der Waals surface area contributed by atoms with Crippen LogP contribution < -0.4 is 0 Å². The maximum absolute atomic E-state index is 12.3. The molecule has 2 aliphatic carbocycles. The topological polar surface area (TPSA) is 26.3 Å². The summed E-state index contributed by atoms with van der Waals surface area (Å²) in [6.45, 7) is 0. The normalized spacial score (nSPS) is 28.2. The van der Waals surface area contributed by atoms with Crippen LogP contribution in [0.2, 0.25) is 0 Å². The SMILES string of the molecule is O=C(O[C@H]1CCC2C(/C=C/c3ccccc3)CCC21)c1ccccc1. The van der Waals surface area contributed by atoms with Crippen LogP contribution in [0.25, 0.3) is 6.08 Å². The summed E-state index contributed by atoms with van der Waals surface area (Å²) >= 11 is 0. The predicted molar refractivity (Wildman–Crippen MR) is 100 cm³/mol. The van der Waals surface area contributed by atoms with E-state index >= 15 is 0 Å². The summed E-state index contributed by atoms with van der Waals surface area (Å²) in [6, 6.07) is 19.8. The van der Waals surface area contributed by atoms with Crippen molar-refractivity contribution in [3.05, 3.63) is 77.9 Å². The molecule has 128 valence electrons. The predicted octanol–water partition coefficient (Wildman–Crippen LogP) is 5.36. The molecule has 0 heterocycles. The van der Waals surface area contributed by atoms with Crippen LogP contribution in [0.4, 0.5) is 0 Å². The zero-order valence-corrected chi connectivity index (χ0v) is 14.4. The van der Waals surface area contributed by atoms with Crippen LogP contribution in [0.15, 0.2) is 66.7 Å². The maximum Gasteiger partial charge on any atom is 0.338 e. The Hall–Kier alpha value is -2.35. The molecule has 4 atom stereocenters. The van der Waals surface area contributed by atoms with Crippen LogP contribution in [0.3, 0.4) is 0 Å². The van der Waals surface area contributed by atoms with Gasteiger partial charge in [0.15, 0.2) is 0 Å². The largest absolute Gasteiger partial charge is 0.458 e. The number of carbonyl (C=O) groups excluding carboxylic acids is 1. The highest BCUT2D eigenvalue weighted by Crippen LogP contribution is 2.49. The summed E-state index contributed by atoms with van der Waals surface area (Å²) in [4.78, 5) is 12.3. The Labute approximate surface area is 149 Å². The van der Waals surface area contributed by atoms with Gasteiger partial charge in [0.2, 0.25) is 0 Å². The zero-order valence-electron chi connectivity index (χ0n) is 14.4. The van der Waals surface area contributed by atoms with Crippen molar-refractivity contribution >= 4 is 12.0 Å². The number of fused-ring (bicyclic) bond motifs is 1. The standard InChI is InChI=1S/C23H24O2/c24-23(19-9-5-2-6-10-19)25-22-16-15-20-18(13-14-21(20)22)12-11-17-7-3-1-4-8-17/h1-12,18,20-22H,13-16H2/b12-11+/t18?,20?,21?,22-/m0/s1. The third-order valence-corrected chi connectivity index (χ3v) is 5.80. The lowest BCUT2D eigenvalue weighted by atomic mass is 9.91. The van der Waals surface area contributed by atoms with Gasteiger partial charge in [-0.3, -0.25) is 0 Å². The van der Waals surface area contributed by atoms with Crippen molar-refractivity contribution in [3.63, 3.8) is 0 Å². The van der Waals surface area contributed by atoms with Gasteiger partial charge in [-0.1, -0.05) is 60.7 Å². The molecule has 3 unspecified atom stereocenters. The van der Waals surface area contributed by atoms with Crippen molar-refractivity contribution < 1.29 is 9.53 Å². The lowest BCUT2D eigenvalue weighted by Crippen LogP contribution is -2.23. The van der Waals surface area contributed by atoms with Gasteiger partial charge in [0, 0.05) is 0 Å². The molecule has 0 radical (unpaired) electrons. The molecule has 0 spiro atoms. The third-order valence-electron chi connectivity index (χ3n) is 5.80. The maximum atomic E-state index is 12.3. The molecule has 0 aliphatic heterocycles. The van der Waals surface area contributed by atoms with Crippen LogP contribution in [0.5, 0.6) is 0 Å². The van der Waals surface area contributed by atoms with Gasteiger partial charge in [0.25, 0.3) is 0 Å². The number of hydrogen-bond acceptors (Lipinski definition) is 2. The van der Waals surface area contributed by atoms with E-state index in [1.165, 1.54) is 24.8 Å². The molecular weight excluding hydrogens is 308 g/mol. The molecule has 4 rings (SSSR count). The average molecular weight is 332 g/mol. The summed E-state index contributed by atoms with van der Waals surface area (Å²) in [5.74, 6) is 1.63. The van der Waals surface area contributed by atoms with Gasteiger partial charge < -0.3 is 4.74 Å². The average Bonchev–Trinajstić information content (AvgIpc) is 3.25. The Morgan fingerprint density at radius 2 is 1.52 bits per heavy atom. The molecule has 2 aromatic rings. The molecule has 2 nitrogen and oxygen atoms in total. The first-order valence-corrected chi connectivity index (χ1v) is 9.30. The van der Waals surface area contributed by atoms with Crippen molar-refractivity contribution in [1.29, 1.82) is 0 Å². The molecule has 0 aromatic heterocycles. The fraction of sp³-hybridized carbons (Fsp3) is 0.348. The van der Waals surface area contributed by atoms with Crippen molar-refractivity contribution in [1.82, 2.24) is 0 Å². The Kier molecular flexibility index (Phi) is 4.69. The molecular formula is C23H24O2. The highest BCUT2D eigenvalue weighted by Gasteiger charge is 2.45. The molecule has 0 amide bonds. The van der Waals surface area contributed by atoms with Gasteiger partial charge in [0.1, 0.15) is 6.10 Å². The Balaban J connectivity index is 1.38. The number of carbonyl (C=O) groups is 1. The van der Waals surface area contributed by atoms with E-state index in [4.69, 9.17) is 4.74 Å². The van der Waals surface area contributed by atoms with Gasteiger partial charge >= 0.3 is 5.97 Å². The first-order valence-electron chi connectivity index (χ1n) is 9.30. The van der Waals surface area contributed by atoms with Crippen molar-refractivity contribution in [2.45, 2.75) is 31.8 Å². The third kappa shape index (κ3) is 3.53. The number of allylic oxidation sites excluding steroid dienone is 1. The molecule has 0 N–H and O–H groups in total. The minimum atomic E-state index is -0.172. The minimum absolute atomic E-state index is 0.0906. The molecule has 0 bridgehead atoms. The molecule has 2 aliphatic rings. The second kappa shape index (κ2) is 7.26. The highest BCUT2D eigenvalue weighted by atomic mass is 16.5. The number of esters is 1. The van der Waals surface area contributed by atoms with Crippen molar-refractivity contribution in [2.24, 2.45) is 17.8 Å². The van der Waals surface area contributed by atoms with E-state index in [9.17, 15) is 4.79 Å². The van der Waals surface area contributed by atoms with E-state index in [1.807, 2.05) is 36.4 Å². The molecule has 2 fully saturated rings. The van der Waals surface area contributed by atoms with E-state index < -0.39 is 0 Å². The van der Waals surface area contributed by atoms with Gasteiger partial charge in [-0.05, 0) is 61.1 Å². The quantitative estimate of drug-likeness (QED) is 0.704. The Bertz CT molecular complexity index is 735. The Morgan fingerprint density at radius 3 is 2.28 bits per heavy atom. The van der Waals surface area contributed by atoms with Crippen molar-refractivity contribution in [2.75, 3.05) is 0 Å². The van der Waals surface area contributed by atoms with Crippen molar-refractivity contribution in [3.8, 4) is 0 Å². The zero-order chi connectivity index (χ0) is 17.1. The van der Waals surface area contributed by atoms with E-state index in [2.05, 4.69) is 36.4 Å². The lowest BCUT2D eigenvalue weighted by molar-refractivity contribution is 0.0191. The van der Waals surface area contributed by atoms with Gasteiger partial charge in [-0.25, -0.2) is 4.79 Å². The van der Waals surface area contributed by atoms with Crippen LogP contribution in [-0.4, -0.2) is 12.1 Å². The van der Waals surface area contributed by atoms with Gasteiger partial charge in [-0.2, -0.15) is 0 Å². The molecule has 0 saturated heterocycles. The molecule has 25 heavy (non-hydrogen) atoms. The van der Waals surface area contributed by atoms with Gasteiger partial charge in [0.05, 0.1) is 5.56 Å².